The zero-order valence-corrected chi connectivity index (χ0v) is 15.6. The molecule has 8 heteroatoms. The summed E-state index contributed by atoms with van der Waals surface area (Å²) in [5, 5.41) is 10.1. The van der Waals surface area contributed by atoms with Crippen molar-refractivity contribution >= 4 is 23.2 Å². The number of carbonyl (C=O) groups excluding carboxylic acids is 1. The van der Waals surface area contributed by atoms with Crippen LogP contribution in [0.2, 0.25) is 0 Å². The highest BCUT2D eigenvalue weighted by Crippen LogP contribution is 2.22. The number of ether oxygens (including phenoxy) is 2. The molecule has 3 aromatic rings. The molecule has 3 rings (SSSR count). The largest absolute Gasteiger partial charge is 0.497 e. The molecule has 1 atom stereocenters. The minimum absolute atomic E-state index is 0.133. The SMILES string of the molecule is COc1ccc(-c2nnc(COc3ccc(NC(=O)C(C)Cl)cc3)o2)cc1. The molecule has 140 valence electrons. The van der Waals surface area contributed by atoms with Crippen molar-refractivity contribution in [2.75, 3.05) is 12.4 Å². The van der Waals surface area contributed by atoms with E-state index in [1.165, 1.54) is 0 Å². The Morgan fingerprint density at radius 2 is 1.78 bits per heavy atom. The molecule has 0 fully saturated rings. The lowest BCUT2D eigenvalue weighted by Crippen LogP contribution is -2.20. The highest BCUT2D eigenvalue weighted by Gasteiger charge is 2.11. The van der Waals surface area contributed by atoms with Crippen molar-refractivity contribution in [2.24, 2.45) is 0 Å². The molecule has 1 N–H and O–H groups in total. The van der Waals surface area contributed by atoms with Crippen LogP contribution in [-0.4, -0.2) is 28.6 Å². The molecule has 1 unspecified atom stereocenters. The average molecular weight is 388 g/mol. The van der Waals surface area contributed by atoms with Crippen molar-refractivity contribution in [1.29, 1.82) is 0 Å². The summed E-state index contributed by atoms with van der Waals surface area (Å²) in [5.74, 6) is 1.86. The van der Waals surface area contributed by atoms with E-state index in [2.05, 4.69) is 15.5 Å². The molecule has 1 amide bonds. The topological polar surface area (TPSA) is 86.5 Å². The molecular weight excluding hydrogens is 370 g/mol. The molecule has 1 heterocycles. The van der Waals surface area contributed by atoms with Crippen molar-refractivity contribution in [3.8, 4) is 23.0 Å². The number of anilines is 1. The number of carbonyl (C=O) groups is 1. The van der Waals surface area contributed by atoms with E-state index >= 15 is 0 Å². The van der Waals surface area contributed by atoms with Crippen LogP contribution in [0.5, 0.6) is 11.5 Å². The van der Waals surface area contributed by atoms with Gasteiger partial charge in [-0.3, -0.25) is 4.79 Å². The molecule has 2 aromatic carbocycles. The van der Waals surface area contributed by atoms with Crippen LogP contribution in [0.3, 0.4) is 0 Å². The number of rotatable bonds is 7. The van der Waals surface area contributed by atoms with Crippen molar-refractivity contribution in [2.45, 2.75) is 18.9 Å². The number of hydrogen-bond donors (Lipinski definition) is 1. The van der Waals surface area contributed by atoms with Crippen LogP contribution < -0.4 is 14.8 Å². The van der Waals surface area contributed by atoms with E-state index in [-0.39, 0.29) is 12.5 Å². The molecule has 0 radical (unpaired) electrons. The fourth-order valence-corrected chi connectivity index (χ4v) is 2.24. The Bertz CT molecular complexity index is 892. The first-order chi connectivity index (χ1) is 13.0. The Balaban J connectivity index is 1.57. The number of benzene rings is 2. The predicted octanol–water partition coefficient (Wildman–Crippen LogP) is 3.89. The number of halogens is 1. The molecule has 0 saturated heterocycles. The van der Waals surface area contributed by atoms with Gasteiger partial charge in [0.25, 0.3) is 5.89 Å². The number of hydrogen-bond acceptors (Lipinski definition) is 6. The molecule has 0 bridgehead atoms. The van der Waals surface area contributed by atoms with Crippen LogP contribution in [0.15, 0.2) is 52.9 Å². The van der Waals surface area contributed by atoms with Gasteiger partial charge < -0.3 is 19.2 Å². The summed E-state index contributed by atoms with van der Waals surface area (Å²) in [6.07, 6.45) is 0. The Morgan fingerprint density at radius 3 is 2.41 bits per heavy atom. The Labute approximate surface area is 161 Å². The van der Waals surface area contributed by atoms with Gasteiger partial charge in [-0.25, -0.2) is 0 Å². The highest BCUT2D eigenvalue weighted by atomic mass is 35.5. The molecule has 0 aliphatic heterocycles. The summed E-state index contributed by atoms with van der Waals surface area (Å²) in [4.78, 5) is 11.6. The van der Waals surface area contributed by atoms with Gasteiger partial charge in [0.15, 0.2) is 6.61 Å². The second-order valence-corrected chi connectivity index (χ2v) is 6.30. The van der Waals surface area contributed by atoms with E-state index in [1.807, 2.05) is 24.3 Å². The molecule has 1 aromatic heterocycles. The van der Waals surface area contributed by atoms with Gasteiger partial charge in [0, 0.05) is 11.3 Å². The van der Waals surface area contributed by atoms with E-state index in [0.29, 0.717) is 23.2 Å². The first kappa shape index (κ1) is 18.7. The second kappa shape index (κ2) is 8.55. The van der Waals surface area contributed by atoms with Gasteiger partial charge in [0.1, 0.15) is 16.9 Å². The summed E-state index contributed by atoms with van der Waals surface area (Å²) < 4.78 is 16.4. The van der Waals surface area contributed by atoms with Crippen molar-refractivity contribution < 1.29 is 18.7 Å². The fourth-order valence-electron chi connectivity index (χ4n) is 2.18. The monoisotopic (exact) mass is 387 g/mol. The van der Waals surface area contributed by atoms with Gasteiger partial charge in [-0.1, -0.05) is 0 Å². The molecule has 0 saturated carbocycles. The van der Waals surface area contributed by atoms with Crippen LogP contribution in [0, 0.1) is 0 Å². The predicted molar refractivity (Wildman–Crippen MR) is 101 cm³/mol. The normalized spacial score (nSPS) is 11.7. The molecular formula is C19H18ClN3O4. The zero-order valence-electron chi connectivity index (χ0n) is 14.8. The third-order valence-electron chi connectivity index (χ3n) is 3.65. The fraction of sp³-hybridized carbons (Fsp3) is 0.211. The smallest absolute Gasteiger partial charge is 0.254 e. The van der Waals surface area contributed by atoms with E-state index in [4.69, 9.17) is 25.5 Å². The second-order valence-electron chi connectivity index (χ2n) is 5.65. The standard InChI is InChI=1S/C19H18ClN3O4/c1-12(20)18(24)21-14-5-9-16(10-6-14)26-11-17-22-23-19(27-17)13-3-7-15(25-2)8-4-13/h3-10,12H,11H2,1-2H3,(H,21,24). The van der Waals surface area contributed by atoms with Crippen LogP contribution in [0.4, 0.5) is 5.69 Å². The van der Waals surface area contributed by atoms with Gasteiger partial charge in [0.05, 0.1) is 7.11 Å². The zero-order chi connectivity index (χ0) is 19.2. The van der Waals surface area contributed by atoms with Crippen molar-refractivity contribution in [1.82, 2.24) is 10.2 Å². The Kier molecular flexibility index (Phi) is 5.93. The summed E-state index contributed by atoms with van der Waals surface area (Å²) in [6, 6.07) is 14.2. The molecule has 0 spiro atoms. The van der Waals surface area contributed by atoms with E-state index in [0.717, 1.165) is 11.3 Å². The minimum atomic E-state index is -0.599. The van der Waals surface area contributed by atoms with Gasteiger partial charge in [-0.05, 0) is 55.5 Å². The Morgan fingerprint density at radius 1 is 1.11 bits per heavy atom. The van der Waals surface area contributed by atoms with Crippen LogP contribution >= 0.6 is 11.6 Å². The highest BCUT2D eigenvalue weighted by molar-refractivity contribution is 6.32. The average Bonchev–Trinajstić information content (AvgIpc) is 3.16. The first-order valence-corrected chi connectivity index (χ1v) is 8.63. The van der Waals surface area contributed by atoms with Crippen LogP contribution in [-0.2, 0) is 11.4 Å². The third-order valence-corrected chi connectivity index (χ3v) is 3.85. The number of nitrogens with zero attached hydrogens (tertiary/aromatic N) is 2. The first-order valence-electron chi connectivity index (χ1n) is 8.20. The number of alkyl halides is 1. The maximum Gasteiger partial charge on any atom is 0.254 e. The third kappa shape index (κ3) is 4.98. The van der Waals surface area contributed by atoms with Crippen molar-refractivity contribution in [3.63, 3.8) is 0 Å². The Hall–Kier alpha value is -3.06. The summed E-state index contributed by atoms with van der Waals surface area (Å²) >= 11 is 5.72. The number of nitrogens with one attached hydrogen (secondary N) is 1. The lowest BCUT2D eigenvalue weighted by atomic mass is 10.2. The molecule has 0 aliphatic rings. The number of methoxy groups -OCH3 is 1. The molecule has 27 heavy (non-hydrogen) atoms. The van der Waals surface area contributed by atoms with Crippen molar-refractivity contribution in [3.05, 3.63) is 54.4 Å². The quantitative estimate of drug-likeness (QED) is 0.619. The van der Waals surface area contributed by atoms with E-state index < -0.39 is 5.38 Å². The minimum Gasteiger partial charge on any atom is -0.497 e. The maximum atomic E-state index is 11.6. The number of aromatic nitrogens is 2. The van der Waals surface area contributed by atoms with Crippen LogP contribution in [0.25, 0.3) is 11.5 Å². The maximum absolute atomic E-state index is 11.6. The number of amides is 1. The van der Waals surface area contributed by atoms with Gasteiger partial charge in [0.2, 0.25) is 11.8 Å². The van der Waals surface area contributed by atoms with E-state index in [9.17, 15) is 4.79 Å². The lowest BCUT2D eigenvalue weighted by Gasteiger charge is -2.08. The van der Waals surface area contributed by atoms with Gasteiger partial charge >= 0.3 is 0 Å². The molecule has 7 nitrogen and oxygen atoms in total. The van der Waals surface area contributed by atoms with Gasteiger partial charge in [-0.2, -0.15) is 0 Å². The van der Waals surface area contributed by atoms with E-state index in [1.54, 1.807) is 38.3 Å². The summed E-state index contributed by atoms with van der Waals surface area (Å²) in [7, 11) is 1.61. The lowest BCUT2D eigenvalue weighted by molar-refractivity contribution is -0.115. The molecule has 0 aliphatic carbocycles. The summed E-state index contributed by atoms with van der Waals surface area (Å²) in [5.41, 5.74) is 1.43. The van der Waals surface area contributed by atoms with Crippen LogP contribution in [0.1, 0.15) is 12.8 Å². The van der Waals surface area contributed by atoms with Gasteiger partial charge in [-0.15, -0.1) is 21.8 Å². The summed E-state index contributed by atoms with van der Waals surface area (Å²) in [6.45, 7) is 1.74.